The fraction of sp³-hybridized carbons (Fsp3) is 0.400. The molecule has 0 saturated heterocycles. The lowest BCUT2D eigenvalue weighted by Crippen LogP contribution is -2.51. The van der Waals surface area contributed by atoms with Crippen LogP contribution in [0, 0.1) is 5.82 Å². The molecule has 5 rings (SSSR count). The van der Waals surface area contributed by atoms with Gasteiger partial charge in [-0.1, -0.05) is 12.8 Å². The molecular formula is C25H27FN6O4. The summed E-state index contributed by atoms with van der Waals surface area (Å²) >= 11 is 0. The predicted octanol–water partition coefficient (Wildman–Crippen LogP) is 2.73. The molecule has 2 aromatic carbocycles. The number of benzene rings is 2. The molecule has 0 unspecified atom stereocenters. The first kappa shape index (κ1) is 23.7. The number of carbonyl (C=O) groups excluding carboxylic acids is 2. The van der Waals surface area contributed by atoms with E-state index in [1.165, 1.54) is 29.2 Å². The number of carbonyl (C=O) groups is 2. The summed E-state index contributed by atoms with van der Waals surface area (Å²) in [6.07, 6.45) is 4.04. The molecule has 10 nitrogen and oxygen atoms in total. The van der Waals surface area contributed by atoms with Crippen LogP contribution >= 0.6 is 0 Å². The van der Waals surface area contributed by atoms with E-state index in [4.69, 9.17) is 9.47 Å². The summed E-state index contributed by atoms with van der Waals surface area (Å²) in [5.74, 6) is 0.356. The first-order valence-electron chi connectivity index (χ1n) is 12.0. The van der Waals surface area contributed by atoms with Gasteiger partial charge in [0.2, 0.25) is 11.7 Å². The van der Waals surface area contributed by atoms with Crippen LogP contribution in [0.25, 0.3) is 11.4 Å². The number of rotatable bonds is 7. The lowest BCUT2D eigenvalue weighted by atomic mass is 10.1. The minimum absolute atomic E-state index is 0.118. The molecule has 1 aliphatic carbocycles. The van der Waals surface area contributed by atoms with Crippen molar-refractivity contribution >= 4 is 17.5 Å². The van der Waals surface area contributed by atoms with E-state index in [1.54, 1.807) is 25.1 Å². The van der Waals surface area contributed by atoms with Crippen LogP contribution in [0.2, 0.25) is 0 Å². The van der Waals surface area contributed by atoms with Crippen LogP contribution in [0.1, 0.15) is 32.6 Å². The van der Waals surface area contributed by atoms with E-state index in [0.717, 1.165) is 30.5 Å². The highest BCUT2D eigenvalue weighted by atomic mass is 19.1. The summed E-state index contributed by atoms with van der Waals surface area (Å²) in [5.41, 5.74) is 1.07. The quantitative estimate of drug-likeness (QED) is 0.538. The van der Waals surface area contributed by atoms with Crippen LogP contribution in [-0.4, -0.2) is 57.3 Å². The number of amides is 2. The van der Waals surface area contributed by atoms with Gasteiger partial charge in [-0.15, -0.1) is 10.2 Å². The Morgan fingerprint density at radius 3 is 2.58 bits per heavy atom. The molecule has 1 aromatic heterocycles. The van der Waals surface area contributed by atoms with Gasteiger partial charge in [-0.2, -0.15) is 4.80 Å². The smallest absolute Gasteiger partial charge is 0.251 e. The fourth-order valence-corrected chi connectivity index (χ4v) is 4.50. The normalized spacial score (nSPS) is 15.9. The SMILES string of the molecule is C[C@@H](C(=O)NC1CCCC1)N(C(=O)Cn1nnc(-c2ccc(F)cc2)n1)c1ccc2c(c1)OCCO2. The lowest BCUT2D eigenvalue weighted by Gasteiger charge is -2.30. The summed E-state index contributed by atoms with van der Waals surface area (Å²) in [5, 5.41) is 15.3. The molecule has 1 aliphatic heterocycles. The molecule has 2 amide bonds. The van der Waals surface area contributed by atoms with Crippen molar-refractivity contribution in [2.75, 3.05) is 18.1 Å². The van der Waals surface area contributed by atoms with Crippen LogP contribution in [-0.2, 0) is 16.1 Å². The van der Waals surface area contributed by atoms with Crippen LogP contribution in [0.3, 0.4) is 0 Å². The number of ether oxygens (including phenoxy) is 2. The highest BCUT2D eigenvalue weighted by Crippen LogP contribution is 2.35. The molecule has 1 N–H and O–H groups in total. The minimum Gasteiger partial charge on any atom is -0.486 e. The van der Waals surface area contributed by atoms with E-state index in [9.17, 15) is 14.0 Å². The van der Waals surface area contributed by atoms with Crippen molar-refractivity contribution in [1.29, 1.82) is 0 Å². The topological polar surface area (TPSA) is 111 Å². The summed E-state index contributed by atoms with van der Waals surface area (Å²) in [6, 6.07) is 10.2. The zero-order valence-corrected chi connectivity index (χ0v) is 19.9. The second-order valence-corrected chi connectivity index (χ2v) is 8.91. The largest absolute Gasteiger partial charge is 0.486 e. The average Bonchev–Trinajstić information content (AvgIpc) is 3.57. The van der Waals surface area contributed by atoms with E-state index < -0.39 is 11.9 Å². The Morgan fingerprint density at radius 2 is 1.83 bits per heavy atom. The molecule has 1 saturated carbocycles. The molecule has 2 aliphatic rings. The molecule has 2 heterocycles. The summed E-state index contributed by atoms with van der Waals surface area (Å²) in [7, 11) is 0. The van der Waals surface area contributed by atoms with Gasteiger partial charge >= 0.3 is 0 Å². The van der Waals surface area contributed by atoms with Gasteiger partial charge in [-0.25, -0.2) is 4.39 Å². The van der Waals surface area contributed by atoms with E-state index in [2.05, 4.69) is 20.7 Å². The molecule has 11 heteroatoms. The molecule has 1 fully saturated rings. The summed E-state index contributed by atoms with van der Waals surface area (Å²) < 4.78 is 24.5. The van der Waals surface area contributed by atoms with E-state index in [1.807, 2.05) is 0 Å². The Bertz CT molecular complexity index is 1240. The Hall–Kier alpha value is -4.02. The number of anilines is 1. The van der Waals surface area contributed by atoms with Gasteiger partial charge in [-0.3, -0.25) is 14.5 Å². The molecule has 3 aromatic rings. The average molecular weight is 495 g/mol. The summed E-state index contributed by atoms with van der Waals surface area (Å²) in [4.78, 5) is 29.3. The van der Waals surface area contributed by atoms with E-state index in [0.29, 0.717) is 36.0 Å². The Balaban J connectivity index is 1.39. The van der Waals surface area contributed by atoms with Gasteiger partial charge in [0.05, 0.1) is 0 Å². The third-order valence-electron chi connectivity index (χ3n) is 6.37. The third kappa shape index (κ3) is 5.14. The standard InChI is InChI=1S/C25H27FN6O4/c1-16(25(34)27-19-4-2-3-5-19)32(20-10-11-21-22(14-20)36-13-12-35-21)23(33)15-31-29-24(28-30-31)17-6-8-18(26)9-7-17/h6-11,14,16,19H,2-5,12-13,15H2,1H3,(H,27,34)/t16-/m0/s1. The third-order valence-corrected chi connectivity index (χ3v) is 6.37. The van der Waals surface area contributed by atoms with Crippen molar-refractivity contribution in [2.45, 2.75) is 51.2 Å². The molecule has 1 atom stereocenters. The highest BCUT2D eigenvalue weighted by Gasteiger charge is 2.31. The van der Waals surface area contributed by atoms with Crippen molar-refractivity contribution in [2.24, 2.45) is 0 Å². The van der Waals surface area contributed by atoms with Gasteiger partial charge in [0.25, 0.3) is 5.91 Å². The van der Waals surface area contributed by atoms with Crippen molar-refractivity contribution in [3.05, 3.63) is 48.3 Å². The number of hydrogen-bond acceptors (Lipinski definition) is 7. The second kappa shape index (κ2) is 10.3. The van der Waals surface area contributed by atoms with Crippen LogP contribution < -0.4 is 19.7 Å². The predicted molar refractivity (Wildman–Crippen MR) is 128 cm³/mol. The van der Waals surface area contributed by atoms with Gasteiger partial charge < -0.3 is 14.8 Å². The highest BCUT2D eigenvalue weighted by molar-refractivity contribution is 6.00. The second-order valence-electron chi connectivity index (χ2n) is 8.91. The number of fused-ring (bicyclic) bond motifs is 1. The number of halogens is 1. The molecular weight excluding hydrogens is 467 g/mol. The van der Waals surface area contributed by atoms with Crippen LogP contribution in [0.15, 0.2) is 42.5 Å². The monoisotopic (exact) mass is 494 g/mol. The van der Waals surface area contributed by atoms with Gasteiger partial charge in [0.1, 0.15) is 31.6 Å². The van der Waals surface area contributed by atoms with Gasteiger partial charge in [0, 0.05) is 23.4 Å². The van der Waals surface area contributed by atoms with Crippen molar-refractivity contribution in [1.82, 2.24) is 25.5 Å². The molecule has 0 bridgehead atoms. The number of tetrazole rings is 1. The van der Waals surface area contributed by atoms with E-state index >= 15 is 0 Å². The van der Waals surface area contributed by atoms with E-state index in [-0.39, 0.29) is 30.1 Å². The number of hydrogen-bond donors (Lipinski definition) is 1. The summed E-state index contributed by atoms with van der Waals surface area (Å²) in [6.45, 7) is 2.29. The van der Waals surface area contributed by atoms with Gasteiger partial charge in [0.15, 0.2) is 11.5 Å². The first-order chi connectivity index (χ1) is 17.5. The van der Waals surface area contributed by atoms with Crippen LogP contribution in [0.4, 0.5) is 10.1 Å². The maximum absolute atomic E-state index is 13.6. The van der Waals surface area contributed by atoms with Crippen molar-refractivity contribution in [3.8, 4) is 22.9 Å². The zero-order valence-electron chi connectivity index (χ0n) is 19.9. The number of nitrogens with one attached hydrogen (secondary N) is 1. The Morgan fingerprint density at radius 1 is 1.11 bits per heavy atom. The maximum Gasteiger partial charge on any atom is 0.251 e. The lowest BCUT2D eigenvalue weighted by molar-refractivity contribution is -0.127. The molecule has 0 spiro atoms. The molecule has 188 valence electrons. The minimum atomic E-state index is -0.791. The molecule has 36 heavy (non-hydrogen) atoms. The number of nitrogens with zero attached hydrogens (tertiary/aromatic N) is 5. The van der Waals surface area contributed by atoms with Crippen molar-refractivity contribution in [3.63, 3.8) is 0 Å². The Kier molecular flexibility index (Phi) is 6.79. The maximum atomic E-state index is 13.6. The van der Waals surface area contributed by atoms with Crippen molar-refractivity contribution < 1.29 is 23.5 Å². The Labute approximate surface area is 207 Å². The first-order valence-corrected chi connectivity index (χ1v) is 12.0. The number of aromatic nitrogens is 4. The fourth-order valence-electron chi connectivity index (χ4n) is 4.50. The zero-order chi connectivity index (χ0) is 25.1. The van der Waals surface area contributed by atoms with Crippen LogP contribution in [0.5, 0.6) is 11.5 Å². The van der Waals surface area contributed by atoms with Gasteiger partial charge in [-0.05, 0) is 61.4 Å². The molecule has 0 radical (unpaired) electrons.